The van der Waals surface area contributed by atoms with Gasteiger partial charge in [-0.1, -0.05) is 12.1 Å². The first-order valence-electron chi connectivity index (χ1n) is 8.06. The first-order chi connectivity index (χ1) is 12.2. The van der Waals surface area contributed by atoms with Crippen LogP contribution in [0.4, 0.5) is 10.1 Å². The molecule has 0 aromatic heterocycles. The zero-order chi connectivity index (χ0) is 17.5. The normalized spacial score (nSPS) is 13.3. The molecule has 0 aliphatic carbocycles. The number of ether oxygens (including phenoxy) is 3. The lowest BCUT2D eigenvalue weighted by Crippen LogP contribution is -2.23. The lowest BCUT2D eigenvalue weighted by molar-refractivity contribution is 0.297. The number of benzene rings is 2. The summed E-state index contributed by atoms with van der Waals surface area (Å²) in [5.74, 6) is 1.44. The van der Waals surface area contributed by atoms with E-state index < -0.39 is 5.82 Å². The van der Waals surface area contributed by atoms with Crippen molar-refractivity contribution in [3.63, 3.8) is 0 Å². The maximum atomic E-state index is 13.4. The highest BCUT2D eigenvalue weighted by Gasteiger charge is 2.10. The zero-order valence-electron chi connectivity index (χ0n) is 14.1. The van der Waals surface area contributed by atoms with Crippen molar-refractivity contribution in [1.29, 1.82) is 0 Å². The summed E-state index contributed by atoms with van der Waals surface area (Å²) < 4.78 is 29.9. The van der Waals surface area contributed by atoms with Crippen LogP contribution in [0.2, 0.25) is 0 Å². The third kappa shape index (κ3) is 5.65. The summed E-state index contributed by atoms with van der Waals surface area (Å²) in [5, 5.41) is 2.99. The summed E-state index contributed by atoms with van der Waals surface area (Å²) in [6.45, 7) is 1.79. The Morgan fingerprint density at radius 1 is 1.15 bits per heavy atom. The van der Waals surface area contributed by atoms with Gasteiger partial charge in [0.15, 0.2) is 29.0 Å². The molecule has 3 rings (SSSR count). The lowest BCUT2D eigenvalue weighted by atomic mass is 10.3. The van der Waals surface area contributed by atoms with Gasteiger partial charge in [0, 0.05) is 18.2 Å². The highest BCUT2D eigenvalue weighted by atomic mass is 127. The number of anilines is 1. The minimum atomic E-state index is -0.398. The second-order valence-corrected chi connectivity index (χ2v) is 5.38. The van der Waals surface area contributed by atoms with E-state index in [1.165, 1.54) is 6.07 Å². The minimum absolute atomic E-state index is 0. The van der Waals surface area contributed by atoms with Crippen molar-refractivity contribution < 1.29 is 18.6 Å². The van der Waals surface area contributed by atoms with Gasteiger partial charge in [-0.3, -0.25) is 0 Å². The third-order valence-corrected chi connectivity index (χ3v) is 3.49. The molecule has 0 amide bonds. The molecule has 0 saturated carbocycles. The van der Waals surface area contributed by atoms with Crippen molar-refractivity contribution in [2.24, 2.45) is 10.7 Å². The first kappa shape index (κ1) is 20.1. The maximum absolute atomic E-state index is 13.4. The van der Waals surface area contributed by atoms with Crippen LogP contribution in [0, 0.1) is 5.82 Å². The molecular formula is C18H21FIN3O3. The minimum Gasteiger partial charge on any atom is -0.490 e. The number of para-hydroxylation sites is 1. The number of nitrogens with one attached hydrogen (secondary N) is 1. The molecule has 3 N–H and O–H groups in total. The Kier molecular flexibility index (Phi) is 7.76. The monoisotopic (exact) mass is 473 g/mol. The molecule has 8 heteroatoms. The largest absolute Gasteiger partial charge is 0.490 e. The van der Waals surface area contributed by atoms with Gasteiger partial charge in [0.2, 0.25) is 0 Å². The first-order valence-corrected chi connectivity index (χ1v) is 8.06. The van der Waals surface area contributed by atoms with Crippen molar-refractivity contribution in [2.45, 2.75) is 6.42 Å². The Bertz CT molecular complexity index is 758. The standard InChI is InChI=1S/C18H20FN3O3.HI/c19-14-4-1-2-5-15(14)25-11-8-21-18(20)22-13-6-7-16-17(12-13)24-10-3-9-23-16;/h1-2,4-7,12H,3,8-11H2,(H3,20,21,22);1H. The summed E-state index contributed by atoms with van der Waals surface area (Å²) in [7, 11) is 0. The Labute approximate surface area is 168 Å². The van der Waals surface area contributed by atoms with Crippen molar-refractivity contribution in [3.05, 3.63) is 48.3 Å². The Hall–Kier alpha value is -2.23. The van der Waals surface area contributed by atoms with E-state index in [4.69, 9.17) is 19.9 Å². The van der Waals surface area contributed by atoms with Gasteiger partial charge in [-0.2, -0.15) is 0 Å². The molecular weight excluding hydrogens is 452 g/mol. The molecule has 0 atom stereocenters. The second kappa shape index (κ2) is 10.0. The molecule has 0 bridgehead atoms. The highest BCUT2D eigenvalue weighted by Crippen LogP contribution is 2.32. The Morgan fingerprint density at radius 2 is 1.92 bits per heavy atom. The number of hydrogen-bond acceptors (Lipinski definition) is 4. The molecule has 140 valence electrons. The number of guanidine groups is 1. The van der Waals surface area contributed by atoms with Gasteiger partial charge in [-0.25, -0.2) is 9.38 Å². The van der Waals surface area contributed by atoms with E-state index in [1.54, 1.807) is 18.2 Å². The summed E-state index contributed by atoms with van der Waals surface area (Å²) >= 11 is 0. The van der Waals surface area contributed by atoms with E-state index in [2.05, 4.69) is 10.3 Å². The molecule has 0 spiro atoms. The topological polar surface area (TPSA) is 78.1 Å². The van der Waals surface area contributed by atoms with Gasteiger partial charge >= 0.3 is 0 Å². The average Bonchev–Trinajstić information content (AvgIpc) is 2.85. The fraction of sp³-hybridized carbons (Fsp3) is 0.278. The molecule has 0 saturated heterocycles. The van der Waals surface area contributed by atoms with Crippen LogP contribution in [0.3, 0.4) is 0 Å². The van der Waals surface area contributed by atoms with Gasteiger partial charge in [0.25, 0.3) is 0 Å². The fourth-order valence-electron chi connectivity index (χ4n) is 2.31. The second-order valence-electron chi connectivity index (χ2n) is 5.38. The lowest BCUT2D eigenvalue weighted by Gasteiger charge is -2.11. The van der Waals surface area contributed by atoms with Crippen LogP contribution < -0.4 is 25.3 Å². The van der Waals surface area contributed by atoms with Crippen LogP contribution >= 0.6 is 24.0 Å². The molecule has 1 aliphatic rings. The van der Waals surface area contributed by atoms with E-state index in [-0.39, 0.29) is 42.3 Å². The Morgan fingerprint density at radius 3 is 2.73 bits per heavy atom. The molecule has 2 aromatic carbocycles. The number of halogens is 2. The summed E-state index contributed by atoms with van der Waals surface area (Å²) in [6.07, 6.45) is 0.850. The van der Waals surface area contributed by atoms with Crippen molar-refractivity contribution in [1.82, 2.24) is 0 Å². The number of fused-ring (bicyclic) bond motifs is 1. The molecule has 0 radical (unpaired) electrons. The van der Waals surface area contributed by atoms with Crippen LogP contribution in [0.5, 0.6) is 17.2 Å². The fourth-order valence-corrected chi connectivity index (χ4v) is 2.31. The predicted octanol–water partition coefficient (Wildman–Crippen LogP) is 3.41. The number of nitrogens with two attached hydrogens (primary N) is 1. The van der Waals surface area contributed by atoms with E-state index in [9.17, 15) is 4.39 Å². The number of aliphatic imine (C=N–C) groups is 1. The van der Waals surface area contributed by atoms with Crippen molar-refractivity contribution in [3.8, 4) is 17.2 Å². The average molecular weight is 473 g/mol. The van der Waals surface area contributed by atoms with E-state index in [0.29, 0.717) is 25.5 Å². The van der Waals surface area contributed by atoms with Gasteiger partial charge in [0.1, 0.15) is 6.61 Å². The zero-order valence-corrected chi connectivity index (χ0v) is 16.4. The van der Waals surface area contributed by atoms with E-state index >= 15 is 0 Å². The number of nitrogens with zero attached hydrogens (tertiary/aromatic N) is 1. The van der Waals surface area contributed by atoms with E-state index in [0.717, 1.165) is 17.9 Å². The molecule has 2 aromatic rings. The maximum Gasteiger partial charge on any atom is 0.193 e. The highest BCUT2D eigenvalue weighted by molar-refractivity contribution is 14.0. The van der Waals surface area contributed by atoms with Crippen molar-refractivity contribution in [2.75, 3.05) is 31.7 Å². The SMILES string of the molecule is I.NC(=NCCOc1ccccc1F)Nc1ccc2c(c1)OCCCO2. The number of rotatable bonds is 5. The summed E-state index contributed by atoms with van der Waals surface area (Å²) in [5.41, 5.74) is 6.61. The van der Waals surface area contributed by atoms with Gasteiger partial charge in [0.05, 0.1) is 19.8 Å². The van der Waals surface area contributed by atoms with Crippen LogP contribution in [-0.2, 0) is 0 Å². The van der Waals surface area contributed by atoms with E-state index in [1.807, 2.05) is 18.2 Å². The molecule has 1 heterocycles. The van der Waals surface area contributed by atoms with Crippen molar-refractivity contribution >= 4 is 35.6 Å². The molecule has 0 fully saturated rings. The van der Waals surface area contributed by atoms with Crippen LogP contribution in [0.15, 0.2) is 47.5 Å². The summed E-state index contributed by atoms with van der Waals surface area (Å²) in [4.78, 5) is 4.16. The van der Waals surface area contributed by atoms with Gasteiger partial charge in [-0.05, 0) is 24.3 Å². The van der Waals surface area contributed by atoms with Crippen LogP contribution in [0.1, 0.15) is 6.42 Å². The molecule has 26 heavy (non-hydrogen) atoms. The molecule has 1 aliphatic heterocycles. The van der Waals surface area contributed by atoms with Gasteiger partial charge < -0.3 is 25.3 Å². The summed E-state index contributed by atoms with van der Waals surface area (Å²) in [6, 6.07) is 11.7. The molecule has 0 unspecified atom stereocenters. The quantitative estimate of drug-likeness (QED) is 0.301. The van der Waals surface area contributed by atoms with Gasteiger partial charge in [-0.15, -0.1) is 24.0 Å². The Balaban J connectivity index is 0.00000243. The smallest absolute Gasteiger partial charge is 0.193 e. The number of hydrogen-bond donors (Lipinski definition) is 2. The molecule has 6 nitrogen and oxygen atoms in total. The predicted molar refractivity (Wildman–Crippen MR) is 109 cm³/mol. The van der Waals surface area contributed by atoms with Crippen LogP contribution in [-0.4, -0.2) is 32.3 Å². The van der Waals surface area contributed by atoms with Crippen LogP contribution in [0.25, 0.3) is 0 Å². The third-order valence-electron chi connectivity index (χ3n) is 3.49.